The minimum absolute atomic E-state index is 0.0231. The second kappa shape index (κ2) is 4.42. The van der Waals surface area contributed by atoms with Crippen LogP contribution in [0.15, 0.2) is 6.20 Å². The molecule has 1 aromatic heterocycles. The van der Waals surface area contributed by atoms with Crippen LogP contribution in [0.25, 0.3) is 0 Å². The Morgan fingerprint density at radius 3 is 2.64 bits per heavy atom. The zero-order valence-electron chi connectivity index (χ0n) is 6.77. The van der Waals surface area contributed by atoms with Crippen molar-refractivity contribution >= 4 is 15.9 Å². The smallest absolute Gasteiger partial charge is 0.258 e. The van der Waals surface area contributed by atoms with Crippen molar-refractivity contribution in [3.8, 4) is 6.07 Å². The van der Waals surface area contributed by atoms with Crippen molar-refractivity contribution in [1.29, 1.82) is 5.26 Å². The van der Waals surface area contributed by atoms with Crippen molar-refractivity contribution in [3.05, 3.63) is 28.8 Å². The van der Waals surface area contributed by atoms with Gasteiger partial charge in [0.15, 0.2) is 5.82 Å². The van der Waals surface area contributed by atoms with Crippen LogP contribution in [0.4, 0.5) is 13.2 Å². The second-order valence-corrected chi connectivity index (χ2v) is 2.95. The predicted molar refractivity (Wildman–Crippen MR) is 46.5 cm³/mol. The van der Waals surface area contributed by atoms with Crippen molar-refractivity contribution in [2.24, 2.45) is 0 Å². The molecule has 0 spiro atoms. The number of alkyl halides is 3. The van der Waals surface area contributed by atoms with Crippen molar-refractivity contribution < 1.29 is 13.2 Å². The number of aromatic nitrogens is 1. The van der Waals surface area contributed by atoms with Crippen LogP contribution in [0.5, 0.6) is 0 Å². The van der Waals surface area contributed by atoms with Gasteiger partial charge in [0, 0.05) is 11.5 Å². The maximum Gasteiger partial charge on any atom is 0.268 e. The summed E-state index contributed by atoms with van der Waals surface area (Å²) in [7, 11) is 0. The average Bonchev–Trinajstić information content (AvgIpc) is 2.16. The van der Waals surface area contributed by atoms with Gasteiger partial charge in [0.2, 0.25) is 0 Å². The minimum atomic E-state index is -2.97. The molecule has 0 aromatic carbocycles. The molecule has 1 aromatic rings. The fourth-order valence-corrected chi connectivity index (χ4v) is 1.39. The van der Waals surface area contributed by atoms with Gasteiger partial charge in [0.05, 0.1) is 11.3 Å². The van der Waals surface area contributed by atoms with Gasteiger partial charge in [-0.05, 0) is 0 Å². The SMILES string of the molecule is N#Cc1cnc(CBr)c(C(F)F)c1F. The molecular formula is C8H4BrF3N2. The molecule has 74 valence electrons. The number of hydrogen-bond donors (Lipinski definition) is 0. The highest BCUT2D eigenvalue weighted by atomic mass is 79.9. The van der Waals surface area contributed by atoms with Gasteiger partial charge < -0.3 is 0 Å². The highest BCUT2D eigenvalue weighted by Gasteiger charge is 2.21. The molecule has 0 unspecified atom stereocenters. The van der Waals surface area contributed by atoms with E-state index in [1.807, 2.05) is 0 Å². The van der Waals surface area contributed by atoms with E-state index in [9.17, 15) is 13.2 Å². The first-order valence-corrected chi connectivity index (χ1v) is 4.65. The summed E-state index contributed by atoms with van der Waals surface area (Å²) in [5.74, 6) is -1.19. The first kappa shape index (κ1) is 11.0. The Hall–Kier alpha value is -1.09. The first-order valence-electron chi connectivity index (χ1n) is 3.53. The summed E-state index contributed by atoms with van der Waals surface area (Å²) >= 11 is 2.91. The Balaban J connectivity index is 3.41. The molecule has 0 aliphatic carbocycles. The van der Waals surface area contributed by atoms with E-state index in [1.54, 1.807) is 0 Å². The molecule has 6 heteroatoms. The van der Waals surface area contributed by atoms with E-state index in [-0.39, 0.29) is 11.0 Å². The normalized spacial score (nSPS) is 10.3. The van der Waals surface area contributed by atoms with Crippen LogP contribution in [-0.2, 0) is 5.33 Å². The Morgan fingerprint density at radius 2 is 2.21 bits per heavy atom. The van der Waals surface area contributed by atoms with Crippen LogP contribution >= 0.6 is 15.9 Å². The molecule has 0 bridgehead atoms. The third kappa shape index (κ3) is 1.87. The molecule has 0 atom stereocenters. The first-order chi connectivity index (χ1) is 6.61. The zero-order valence-corrected chi connectivity index (χ0v) is 8.35. The molecule has 0 aliphatic heterocycles. The van der Waals surface area contributed by atoms with Gasteiger partial charge in [0.1, 0.15) is 11.6 Å². The number of nitrogens with zero attached hydrogens (tertiary/aromatic N) is 2. The van der Waals surface area contributed by atoms with Crippen molar-refractivity contribution in [2.75, 3.05) is 0 Å². The Kier molecular flexibility index (Phi) is 3.47. The zero-order chi connectivity index (χ0) is 10.7. The third-order valence-corrected chi connectivity index (χ3v) is 2.13. The molecule has 0 saturated heterocycles. The summed E-state index contributed by atoms with van der Waals surface area (Å²) in [5, 5.41) is 8.42. The highest BCUT2D eigenvalue weighted by Crippen LogP contribution is 2.27. The van der Waals surface area contributed by atoms with Crippen molar-refractivity contribution in [2.45, 2.75) is 11.8 Å². The fourth-order valence-electron chi connectivity index (χ4n) is 0.947. The largest absolute Gasteiger partial charge is 0.268 e. The molecule has 14 heavy (non-hydrogen) atoms. The lowest BCUT2D eigenvalue weighted by molar-refractivity contribution is 0.144. The van der Waals surface area contributed by atoms with Gasteiger partial charge >= 0.3 is 0 Å². The molecule has 1 rings (SSSR count). The van der Waals surface area contributed by atoms with Crippen molar-refractivity contribution in [1.82, 2.24) is 4.98 Å². The molecule has 0 radical (unpaired) electrons. The van der Waals surface area contributed by atoms with E-state index < -0.39 is 23.4 Å². The van der Waals surface area contributed by atoms with E-state index in [2.05, 4.69) is 20.9 Å². The average molecular weight is 265 g/mol. The van der Waals surface area contributed by atoms with Crippen LogP contribution in [0, 0.1) is 17.1 Å². The lowest BCUT2D eigenvalue weighted by Gasteiger charge is -2.06. The molecule has 2 nitrogen and oxygen atoms in total. The third-order valence-electron chi connectivity index (χ3n) is 1.60. The van der Waals surface area contributed by atoms with Crippen molar-refractivity contribution in [3.63, 3.8) is 0 Å². The van der Waals surface area contributed by atoms with E-state index in [0.717, 1.165) is 6.20 Å². The Bertz CT molecular complexity index is 387. The van der Waals surface area contributed by atoms with Crippen LogP contribution in [0.2, 0.25) is 0 Å². The maximum atomic E-state index is 13.2. The second-order valence-electron chi connectivity index (χ2n) is 2.39. The van der Waals surface area contributed by atoms with Gasteiger partial charge in [-0.15, -0.1) is 0 Å². The van der Waals surface area contributed by atoms with E-state index >= 15 is 0 Å². The summed E-state index contributed by atoms with van der Waals surface area (Å²) in [6.07, 6.45) is -2.03. The number of pyridine rings is 1. The molecule has 0 saturated carbocycles. The van der Waals surface area contributed by atoms with E-state index in [4.69, 9.17) is 5.26 Å². The monoisotopic (exact) mass is 264 g/mol. The summed E-state index contributed by atoms with van der Waals surface area (Å²) in [6, 6.07) is 1.46. The van der Waals surface area contributed by atoms with Crippen LogP contribution in [0.1, 0.15) is 23.2 Å². The van der Waals surface area contributed by atoms with E-state index in [0.29, 0.717) is 0 Å². The summed E-state index contributed by atoms with van der Waals surface area (Å²) in [5.41, 5.74) is -1.36. The van der Waals surface area contributed by atoms with Gasteiger partial charge in [-0.3, -0.25) is 4.98 Å². The van der Waals surface area contributed by atoms with E-state index in [1.165, 1.54) is 6.07 Å². The molecule has 0 fully saturated rings. The number of nitriles is 1. The fraction of sp³-hybridized carbons (Fsp3) is 0.250. The lowest BCUT2D eigenvalue weighted by Crippen LogP contribution is -2.02. The van der Waals surface area contributed by atoms with Gasteiger partial charge in [-0.25, -0.2) is 13.2 Å². The van der Waals surface area contributed by atoms with Crippen LogP contribution in [0.3, 0.4) is 0 Å². The van der Waals surface area contributed by atoms with Gasteiger partial charge in [0.25, 0.3) is 6.43 Å². The molecule has 0 N–H and O–H groups in total. The van der Waals surface area contributed by atoms with Gasteiger partial charge in [-0.2, -0.15) is 5.26 Å². The standard InChI is InChI=1S/C8H4BrF3N2/c9-1-5-6(8(11)12)7(10)4(2-13)3-14-5/h3,8H,1H2. The Labute approximate surface area is 86.5 Å². The summed E-state index contributed by atoms with van der Waals surface area (Å²) in [4.78, 5) is 3.56. The molecular weight excluding hydrogens is 261 g/mol. The number of rotatable bonds is 2. The van der Waals surface area contributed by atoms with Crippen LogP contribution in [-0.4, -0.2) is 4.98 Å². The summed E-state index contributed by atoms with van der Waals surface area (Å²) in [6.45, 7) is 0. The molecule has 0 aliphatic rings. The summed E-state index contributed by atoms with van der Waals surface area (Å²) < 4.78 is 38.0. The highest BCUT2D eigenvalue weighted by molar-refractivity contribution is 9.08. The Morgan fingerprint density at radius 1 is 1.57 bits per heavy atom. The number of hydrogen-bond acceptors (Lipinski definition) is 2. The topological polar surface area (TPSA) is 36.7 Å². The molecule has 0 amide bonds. The lowest BCUT2D eigenvalue weighted by atomic mass is 10.1. The van der Waals surface area contributed by atoms with Gasteiger partial charge in [-0.1, -0.05) is 15.9 Å². The minimum Gasteiger partial charge on any atom is -0.258 e. The maximum absolute atomic E-state index is 13.2. The van der Waals surface area contributed by atoms with Crippen LogP contribution < -0.4 is 0 Å². The number of halogens is 4. The predicted octanol–water partition coefficient (Wildman–Crippen LogP) is 2.92. The molecule has 1 heterocycles. The quantitative estimate of drug-likeness (QED) is 0.771.